The van der Waals surface area contributed by atoms with Gasteiger partial charge in [0, 0.05) is 52.4 Å². The Morgan fingerprint density at radius 2 is 1.97 bits per heavy atom. The van der Waals surface area contributed by atoms with Crippen LogP contribution >= 0.6 is 11.6 Å². The van der Waals surface area contributed by atoms with Gasteiger partial charge in [-0.05, 0) is 49.4 Å². The number of ketones is 1. The zero-order valence-electron chi connectivity index (χ0n) is 19.1. The van der Waals surface area contributed by atoms with Crippen LogP contribution in [0.25, 0.3) is 11.3 Å². The number of hydrogen-bond donors (Lipinski definition) is 3. The molecule has 1 aliphatic heterocycles. The number of anilines is 3. The molecule has 0 aliphatic carbocycles. The van der Waals surface area contributed by atoms with Crippen LogP contribution in [0.4, 0.5) is 17.3 Å². The Balaban J connectivity index is 1.52. The lowest BCUT2D eigenvalue weighted by Crippen LogP contribution is -2.31. The van der Waals surface area contributed by atoms with Crippen molar-refractivity contribution >= 4 is 46.5 Å². The molecule has 0 saturated heterocycles. The molecule has 9 nitrogen and oxygen atoms in total. The second-order valence-electron chi connectivity index (χ2n) is 8.20. The lowest BCUT2D eigenvalue weighted by molar-refractivity contribution is -0.116. The molecule has 2 amide bonds. The number of carbonyl (C=O) groups excluding carboxylic acids is 3. The smallest absolute Gasteiger partial charge is 0.254 e. The zero-order valence-corrected chi connectivity index (χ0v) is 19.9. The van der Waals surface area contributed by atoms with E-state index >= 15 is 0 Å². The predicted molar refractivity (Wildman–Crippen MR) is 134 cm³/mol. The number of amides is 2. The van der Waals surface area contributed by atoms with Crippen LogP contribution < -0.4 is 16.4 Å². The van der Waals surface area contributed by atoms with Crippen molar-refractivity contribution in [3.63, 3.8) is 0 Å². The van der Waals surface area contributed by atoms with Crippen molar-refractivity contribution < 1.29 is 14.4 Å². The number of rotatable bonds is 6. The summed E-state index contributed by atoms with van der Waals surface area (Å²) in [5, 5.41) is 6.48. The molecule has 3 aromatic rings. The molecule has 0 saturated carbocycles. The van der Waals surface area contributed by atoms with E-state index in [1.165, 1.54) is 11.0 Å². The first kappa shape index (κ1) is 23.9. The molecule has 2 aromatic carbocycles. The summed E-state index contributed by atoms with van der Waals surface area (Å²) < 4.78 is 0. The molecule has 35 heavy (non-hydrogen) atoms. The average Bonchev–Trinajstić information content (AvgIpc) is 2.93. The first-order chi connectivity index (χ1) is 16.7. The fourth-order valence-corrected chi connectivity index (χ4v) is 3.85. The van der Waals surface area contributed by atoms with Gasteiger partial charge in [-0.25, -0.2) is 9.97 Å². The van der Waals surface area contributed by atoms with Gasteiger partial charge >= 0.3 is 0 Å². The minimum atomic E-state index is -0.290. The first-order valence-electron chi connectivity index (χ1n) is 10.7. The quantitative estimate of drug-likeness (QED) is 0.450. The number of benzene rings is 2. The van der Waals surface area contributed by atoms with Gasteiger partial charge in [-0.3, -0.25) is 14.4 Å². The number of hydrogen-bond acceptors (Lipinski definition) is 7. The molecular formula is C25H23ClN6O3. The molecular weight excluding hydrogens is 468 g/mol. The summed E-state index contributed by atoms with van der Waals surface area (Å²) in [5.74, 6) is -0.371. The van der Waals surface area contributed by atoms with Crippen molar-refractivity contribution in [1.29, 1.82) is 0 Å². The third-order valence-electron chi connectivity index (χ3n) is 5.24. The minimum Gasteiger partial charge on any atom is -0.402 e. The van der Waals surface area contributed by atoms with Crippen molar-refractivity contribution in [2.45, 2.75) is 13.3 Å². The van der Waals surface area contributed by atoms with Gasteiger partial charge in [0.2, 0.25) is 11.9 Å². The highest BCUT2D eigenvalue weighted by Gasteiger charge is 2.21. The largest absolute Gasteiger partial charge is 0.402 e. The van der Waals surface area contributed by atoms with E-state index in [9.17, 15) is 14.4 Å². The van der Waals surface area contributed by atoms with Crippen LogP contribution in [0.15, 0.2) is 60.4 Å². The number of carbonyl (C=O) groups is 3. The van der Waals surface area contributed by atoms with E-state index in [-0.39, 0.29) is 30.6 Å². The second kappa shape index (κ2) is 9.94. The first-order valence-corrected chi connectivity index (χ1v) is 11.1. The van der Waals surface area contributed by atoms with Crippen molar-refractivity contribution in [1.82, 2.24) is 14.9 Å². The number of allylic oxidation sites excluding steroid dienone is 1. The number of nitrogens with zero attached hydrogens (tertiary/aromatic N) is 3. The Labute approximate surface area is 207 Å². The average molecular weight is 491 g/mol. The molecule has 4 N–H and O–H groups in total. The van der Waals surface area contributed by atoms with Gasteiger partial charge in [0.05, 0.1) is 24.3 Å². The van der Waals surface area contributed by atoms with E-state index in [1.807, 2.05) is 6.07 Å². The lowest BCUT2D eigenvalue weighted by Gasteiger charge is -2.16. The topological polar surface area (TPSA) is 130 Å². The van der Waals surface area contributed by atoms with Crippen molar-refractivity contribution in [3.05, 3.63) is 76.6 Å². The summed E-state index contributed by atoms with van der Waals surface area (Å²) in [7, 11) is 1.56. The Kier molecular flexibility index (Phi) is 6.79. The zero-order chi connectivity index (χ0) is 25.1. The fourth-order valence-electron chi connectivity index (χ4n) is 3.67. The molecule has 0 bridgehead atoms. The number of aromatic nitrogens is 2. The Morgan fingerprint density at radius 1 is 1.23 bits per heavy atom. The molecule has 10 heteroatoms. The van der Waals surface area contributed by atoms with E-state index in [2.05, 4.69) is 20.6 Å². The van der Waals surface area contributed by atoms with Gasteiger partial charge in [-0.1, -0.05) is 11.6 Å². The van der Waals surface area contributed by atoms with Crippen LogP contribution in [0.1, 0.15) is 22.8 Å². The molecule has 1 aliphatic rings. The number of nitrogens with one attached hydrogen (secondary N) is 2. The normalized spacial score (nSPS) is 12.7. The minimum absolute atomic E-state index is 0.0691. The van der Waals surface area contributed by atoms with E-state index in [1.54, 1.807) is 56.6 Å². The van der Waals surface area contributed by atoms with Crippen LogP contribution in [0, 0.1) is 0 Å². The highest BCUT2D eigenvalue weighted by atomic mass is 35.5. The molecule has 4 rings (SSSR count). The number of fused-ring (bicyclic) bond motifs is 3. The van der Waals surface area contributed by atoms with Gasteiger partial charge in [-0.2, -0.15) is 0 Å². The maximum Gasteiger partial charge on any atom is 0.254 e. The Bertz CT molecular complexity index is 1350. The highest BCUT2D eigenvalue weighted by Crippen LogP contribution is 2.34. The Hall–Kier alpha value is -4.24. The van der Waals surface area contributed by atoms with Gasteiger partial charge in [-0.15, -0.1) is 0 Å². The third-order valence-corrected chi connectivity index (χ3v) is 5.48. The Morgan fingerprint density at radius 3 is 2.69 bits per heavy atom. The van der Waals surface area contributed by atoms with Crippen LogP contribution in [0.2, 0.25) is 5.02 Å². The third kappa shape index (κ3) is 5.64. The lowest BCUT2D eigenvalue weighted by atomic mass is 10.1. The SMILES string of the molecule is CC(N)=CC(=O)CN(C)C(=O)c1ccc(Nc2ncc3c(n2)-c2ccc(Cl)cc2NC(=O)C3)cc1. The molecule has 1 aromatic heterocycles. The van der Waals surface area contributed by atoms with E-state index < -0.39 is 0 Å². The monoisotopic (exact) mass is 490 g/mol. The van der Waals surface area contributed by atoms with Gasteiger partial charge in [0.15, 0.2) is 5.78 Å². The van der Waals surface area contributed by atoms with Gasteiger partial charge in [0.1, 0.15) is 0 Å². The number of halogens is 1. The molecule has 0 unspecified atom stereocenters. The molecule has 0 radical (unpaired) electrons. The molecule has 0 fully saturated rings. The van der Waals surface area contributed by atoms with Crippen molar-refractivity contribution in [2.24, 2.45) is 5.73 Å². The summed E-state index contributed by atoms with van der Waals surface area (Å²) in [6.07, 6.45) is 3.07. The summed E-state index contributed by atoms with van der Waals surface area (Å²) in [6, 6.07) is 12.0. The van der Waals surface area contributed by atoms with Crippen molar-refractivity contribution in [2.75, 3.05) is 24.2 Å². The molecule has 2 heterocycles. The van der Waals surface area contributed by atoms with Gasteiger partial charge in [0.25, 0.3) is 5.91 Å². The second-order valence-corrected chi connectivity index (χ2v) is 8.64. The standard InChI is InChI=1S/C25H23ClN6O3/c1-14(27)9-19(33)13-32(2)24(35)15-3-6-18(7-4-15)29-25-28-12-16-10-22(34)30-21-11-17(26)5-8-20(21)23(16)31-25/h3-9,11-12H,10,13,27H2,1-2H3,(H,30,34)(H,28,29,31). The maximum absolute atomic E-state index is 12.6. The van der Waals surface area contributed by atoms with Crippen LogP contribution in [-0.2, 0) is 16.0 Å². The molecule has 0 atom stereocenters. The summed E-state index contributed by atoms with van der Waals surface area (Å²) >= 11 is 6.09. The predicted octanol–water partition coefficient (Wildman–Crippen LogP) is 3.54. The number of likely N-dealkylation sites (N-methyl/N-ethyl adjacent to an activating group) is 1. The van der Waals surface area contributed by atoms with Crippen molar-refractivity contribution in [3.8, 4) is 11.3 Å². The summed E-state index contributed by atoms with van der Waals surface area (Å²) in [6.45, 7) is 1.55. The number of nitrogens with two attached hydrogens (primary N) is 1. The molecule has 178 valence electrons. The highest BCUT2D eigenvalue weighted by molar-refractivity contribution is 6.31. The van der Waals surface area contributed by atoms with Crippen LogP contribution in [-0.4, -0.2) is 46.1 Å². The van der Waals surface area contributed by atoms with E-state index in [0.29, 0.717) is 44.9 Å². The summed E-state index contributed by atoms with van der Waals surface area (Å²) in [5.41, 5.74) is 9.67. The van der Waals surface area contributed by atoms with Crippen LogP contribution in [0.3, 0.4) is 0 Å². The fraction of sp³-hybridized carbons (Fsp3) is 0.160. The van der Waals surface area contributed by atoms with Gasteiger partial charge < -0.3 is 21.3 Å². The van der Waals surface area contributed by atoms with E-state index in [4.69, 9.17) is 17.3 Å². The molecule has 0 spiro atoms. The van der Waals surface area contributed by atoms with E-state index in [0.717, 1.165) is 5.56 Å². The maximum atomic E-state index is 12.6. The van der Waals surface area contributed by atoms with Crippen LogP contribution in [0.5, 0.6) is 0 Å². The summed E-state index contributed by atoms with van der Waals surface area (Å²) in [4.78, 5) is 47.1.